The lowest BCUT2D eigenvalue weighted by atomic mass is 9.88. The van der Waals surface area contributed by atoms with Gasteiger partial charge in [0.2, 0.25) is 0 Å². The van der Waals surface area contributed by atoms with Crippen LogP contribution in [0.3, 0.4) is 0 Å². The zero-order valence-corrected chi connectivity index (χ0v) is 21.2. The molecule has 5 nitrogen and oxygen atoms in total. The van der Waals surface area contributed by atoms with Crippen molar-refractivity contribution in [2.24, 2.45) is 5.41 Å². The molecule has 4 aromatic rings. The van der Waals surface area contributed by atoms with Crippen LogP contribution in [0.2, 0.25) is 0 Å². The third kappa shape index (κ3) is 5.40. The van der Waals surface area contributed by atoms with Crippen LogP contribution in [0.4, 0.5) is 4.39 Å². The quantitative estimate of drug-likeness (QED) is 0.163. The summed E-state index contributed by atoms with van der Waals surface area (Å²) in [6.07, 6.45) is 4.37. The third-order valence-corrected chi connectivity index (χ3v) is 7.11. The predicted molar refractivity (Wildman–Crippen MR) is 143 cm³/mol. The van der Waals surface area contributed by atoms with E-state index in [9.17, 15) is 18.8 Å². The molecule has 38 heavy (non-hydrogen) atoms. The van der Waals surface area contributed by atoms with Crippen LogP contribution in [0, 0.1) is 11.2 Å². The molecular formula is C32H28FNO4. The summed E-state index contributed by atoms with van der Waals surface area (Å²) in [6.45, 7) is 1.98. The highest BCUT2D eigenvalue weighted by Gasteiger charge is 2.54. The fourth-order valence-corrected chi connectivity index (χ4v) is 4.71. The predicted octanol–water partition coefficient (Wildman–Crippen LogP) is 6.85. The number of Topliss-reactive ketones (excluding diaryl/α,β-unsaturated/α-hetero) is 3. The molecule has 1 aliphatic rings. The molecule has 192 valence electrons. The maximum Gasteiger partial charge on any atom is 0.162 e. The maximum atomic E-state index is 13.2. The van der Waals surface area contributed by atoms with Gasteiger partial charge < -0.3 is 4.74 Å². The smallest absolute Gasteiger partial charge is 0.162 e. The standard InChI is InChI=1S/C32H28FNO4/c1-2-3-28(35)23-8-13-26-27(20-23)34-17-14-29(26)38-25-11-6-22(7-12-25)19-31(37)32(15-16-32)30(36)18-21-4-9-24(33)10-5-21/h4-14,17,20H,2-3,15-16,18-19H2,1H3. The van der Waals surface area contributed by atoms with Gasteiger partial charge in [0.05, 0.1) is 10.9 Å². The summed E-state index contributed by atoms with van der Waals surface area (Å²) < 4.78 is 19.3. The van der Waals surface area contributed by atoms with Gasteiger partial charge in [0.25, 0.3) is 0 Å². The molecule has 1 saturated carbocycles. The highest BCUT2D eigenvalue weighted by molar-refractivity contribution is 6.11. The SMILES string of the molecule is CCCC(=O)c1ccc2c(Oc3ccc(CC(=O)C4(C(=O)Cc5ccc(F)cc5)CC4)cc3)ccnc2c1. The minimum atomic E-state index is -0.920. The van der Waals surface area contributed by atoms with Gasteiger partial charge in [-0.15, -0.1) is 0 Å². The molecule has 0 N–H and O–H groups in total. The Morgan fingerprint density at radius 3 is 2.11 bits per heavy atom. The van der Waals surface area contributed by atoms with Gasteiger partial charge in [-0.25, -0.2) is 4.39 Å². The molecule has 0 radical (unpaired) electrons. The zero-order chi connectivity index (χ0) is 26.7. The van der Waals surface area contributed by atoms with Gasteiger partial charge in [0, 0.05) is 36.4 Å². The van der Waals surface area contributed by atoms with E-state index in [1.807, 2.05) is 25.1 Å². The molecule has 1 aromatic heterocycles. The molecule has 0 bridgehead atoms. The summed E-state index contributed by atoms with van der Waals surface area (Å²) in [4.78, 5) is 42.6. The van der Waals surface area contributed by atoms with Gasteiger partial charge in [-0.3, -0.25) is 19.4 Å². The Labute approximate surface area is 220 Å². The van der Waals surface area contributed by atoms with E-state index in [0.29, 0.717) is 47.4 Å². The fraction of sp³-hybridized carbons (Fsp3) is 0.250. The first-order valence-electron chi connectivity index (χ1n) is 12.9. The molecule has 1 fully saturated rings. The van der Waals surface area contributed by atoms with Crippen molar-refractivity contribution >= 4 is 28.3 Å². The highest BCUT2D eigenvalue weighted by Crippen LogP contribution is 2.48. The Morgan fingerprint density at radius 1 is 0.868 bits per heavy atom. The van der Waals surface area contributed by atoms with E-state index in [2.05, 4.69) is 4.98 Å². The van der Waals surface area contributed by atoms with Crippen molar-refractivity contribution in [2.45, 2.75) is 45.4 Å². The summed E-state index contributed by atoms with van der Waals surface area (Å²) in [5.74, 6) is 0.795. The lowest BCUT2D eigenvalue weighted by Gasteiger charge is -2.14. The van der Waals surface area contributed by atoms with Gasteiger partial charge in [0.15, 0.2) is 17.3 Å². The van der Waals surface area contributed by atoms with E-state index in [0.717, 1.165) is 17.4 Å². The van der Waals surface area contributed by atoms with Crippen molar-refractivity contribution in [1.82, 2.24) is 4.98 Å². The number of ketones is 3. The molecule has 0 spiro atoms. The molecule has 3 aromatic carbocycles. The van der Waals surface area contributed by atoms with Gasteiger partial charge in [-0.2, -0.15) is 0 Å². The first-order valence-corrected chi connectivity index (χ1v) is 12.9. The number of fused-ring (bicyclic) bond motifs is 1. The summed E-state index contributed by atoms with van der Waals surface area (Å²) in [5.41, 5.74) is 1.93. The van der Waals surface area contributed by atoms with E-state index in [-0.39, 0.29) is 36.0 Å². The second-order valence-electron chi connectivity index (χ2n) is 9.87. The van der Waals surface area contributed by atoms with Crippen molar-refractivity contribution in [3.63, 3.8) is 0 Å². The van der Waals surface area contributed by atoms with Crippen molar-refractivity contribution in [1.29, 1.82) is 0 Å². The average molecular weight is 510 g/mol. The molecule has 0 aliphatic heterocycles. The molecule has 6 heteroatoms. The molecular weight excluding hydrogens is 481 g/mol. The van der Waals surface area contributed by atoms with E-state index in [1.54, 1.807) is 48.7 Å². The van der Waals surface area contributed by atoms with Crippen LogP contribution >= 0.6 is 0 Å². The summed E-state index contributed by atoms with van der Waals surface area (Å²) >= 11 is 0. The van der Waals surface area contributed by atoms with Crippen LogP contribution in [-0.4, -0.2) is 22.3 Å². The minimum absolute atomic E-state index is 0.0770. The van der Waals surface area contributed by atoms with Crippen LogP contribution in [0.25, 0.3) is 10.9 Å². The number of aromatic nitrogens is 1. The Kier molecular flexibility index (Phi) is 7.14. The number of hydrogen-bond donors (Lipinski definition) is 0. The second kappa shape index (κ2) is 10.7. The lowest BCUT2D eigenvalue weighted by Crippen LogP contribution is -2.28. The number of ether oxygens (including phenoxy) is 1. The lowest BCUT2D eigenvalue weighted by molar-refractivity contribution is -0.133. The molecule has 0 unspecified atom stereocenters. The van der Waals surface area contributed by atoms with Crippen LogP contribution in [-0.2, 0) is 22.4 Å². The van der Waals surface area contributed by atoms with E-state index in [1.165, 1.54) is 12.1 Å². The number of hydrogen-bond acceptors (Lipinski definition) is 5. The molecule has 0 amide bonds. The van der Waals surface area contributed by atoms with Crippen molar-refractivity contribution in [3.05, 3.63) is 102 Å². The summed E-state index contributed by atoms with van der Waals surface area (Å²) in [6, 6.07) is 20.3. The monoisotopic (exact) mass is 509 g/mol. The first-order chi connectivity index (χ1) is 18.4. The van der Waals surface area contributed by atoms with Crippen molar-refractivity contribution in [3.8, 4) is 11.5 Å². The van der Waals surface area contributed by atoms with E-state index < -0.39 is 5.41 Å². The maximum absolute atomic E-state index is 13.2. The average Bonchev–Trinajstić information content (AvgIpc) is 3.74. The van der Waals surface area contributed by atoms with Crippen molar-refractivity contribution < 1.29 is 23.5 Å². The van der Waals surface area contributed by atoms with Gasteiger partial charge in [0.1, 0.15) is 17.3 Å². The second-order valence-corrected chi connectivity index (χ2v) is 9.87. The number of halogens is 1. The number of rotatable bonds is 11. The number of carbonyl (C=O) groups is 3. The number of carbonyl (C=O) groups excluding carboxylic acids is 3. The van der Waals surface area contributed by atoms with Gasteiger partial charge in [-0.05, 0) is 72.9 Å². The molecule has 0 atom stereocenters. The Morgan fingerprint density at radius 2 is 1.50 bits per heavy atom. The number of nitrogens with zero attached hydrogens (tertiary/aromatic N) is 1. The molecule has 5 rings (SSSR count). The van der Waals surface area contributed by atoms with Crippen LogP contribution in [0.1, 0.15) is 54.1 Å². The Bertz CT molecular complexity index is 1510. The largest absolute Gasteiger partial charge is 0.457 e. The number of pyridine rings is 1. The topological polar surface area (TPSA) is 73.3 Å². The molecule has 0 saturated heterocycles. The van der Waals surface area contributed by atoms with E-state index >= 15 is 0 Å². The van der Waals surface area contributed by atoms with Gasteiger partial charge in [-0.1, -0.05) is 37.3 Å². The number of benzene rings is 3. The molecule has 1 aliphatic carbocycles. The normalized spacial score (nSPS) is 13.7. The van der Waals surface area contributed by atoms with Crippen LogP contribution < -0.4 is 4.74 Å². The van der Waals surface area contributed by atoms with Crippen LogP contribution in [0.5, 0.6) is 11.5 Å². The fourth-order valence-electron chi connectivity index (χ4n) is 4.71. The summed E-state index contributed by atoms with van der Waals surface area (Å²) in [7, 11) is 0. The Hall–Kier alpha value is -4.19. The third-order valence-electron chi connectivity index (χ3n) is 7.11. The highest BCUT2D eigenvalue weighted by atomic mass is 19.1. The zero-order valence-electron chi connectivity index (χ0n) is 21.2. The van der Waals surface area contributed by atoms with E-state index in [4.69, 9.17) is 4.74 Å². The first kappa shape index (κ1) is 25.5. The minimum Gasteiger partial charge on any atom is -0.457 e. The Balaban J connectivity index is 1.24. The van der Waals surface area contributed by atoms with Crippen LogP contribution in [0.15, 0.2) is 79.0 Å². The summed E-state index contributed by atoms with van der Waals surface area (Å²) in [5, 5.41) is 0.801. The van der Waals surface area contributed by atoms with Gasteiger partial charge >= 0.3 is 0 Å². The molecule has 1 heterocycles. The van der Waals surface area contributed by atoms with Crippen molar-refractivity contribution in [2.75, 3.05) is 0 Å².